The van der Waals surface area contributed by atoms with Gasteiger partial charge in [0.05, 0.1) is 0 Å². The summed E-state index contributed by atoms with van der Waals surface area (Å²) in [5, 5.41) is 0.306. The molecule has 2 aliphatic carbocycles. The second-order valence-electron chi connectivity index (χ2n) is 4.23. The second-order valence-corrected chi connectivity index (χ2v) is 4.23. The van der Waals surface area contributed by atoms with Crippen molar-refractivity contribution in [2.45, 2.75) is 0 Å². The van der Waals surface area contributed by atoms with Crippen LogP contribution in [-0.2, 0) is 4.79 Å². The van der Waals surface area contributed by atoms with Crippen molar-refractivity contribution < 1.29 is 9.59 Å². The third-order valence-corrected chi connectivity index (χ3v) is 2.84. The lowest BCUT2D eigenvalue weighted by atomic mass is 9.98. The molecule has 0 saturated carbocycles. The van der Waals surface area contributed by atoms with Crippen LogP contribution in [0.2, 0.25) is 0 Å². The molecule has 102 valence electrons. The number of allylic oxidation sites excluding steroid dienone is 5. The Labute approximate surface area is 115 Å². The van der Waals surface area contributed by atoms with Crippen LogP contribution in [0.1, 0.15) is 11.1 Å². The molecule has 1 aromatic carbocycles. The van der Waals surface area contributed by atoms with Crippen LogP contribution < -0.4 is 17.4 Å². The lowest BCUT2D eigenvalue weighted by molar-refractivity contribution is -0.110. The van der Waals surface area contributed by atoms with E-state index in [4.69, 9.17) is 0 Å². The van der Waals surface area contributed by atoms with Crippen molar-refractivity contribution in [2.24, 2.45) is 17.4 Å². The second kappa shape index (κ2) is 5.52. The van der Waals surface area contributed by atoms with Crippen molar-refractivity contribution in [3.63, 3.8) is 0 Å². The highest BCUT2D eigenvalue weighted by atomic mass is 16.2. The van der Waals surface area contributed by atoms with Crippen LogP contribution in [-0.4, -0.2) is 16.9 Å². The molecule has 2 amide bonds. The van der Waals surface area contributed by atoms with Gasteiger partial charge in [-0.3, -0.25) is 4.79 Å². The highest BCUT2D eigenvalue weighted by molar-refractivity contribution is 6.13. The number of amides is 2. The van der Waals surface area contributed by atoms with E-state index in [0.717, 1.165) is 11.1 Å². The van der Waals surface area contributed by atoms with Gasteiger partial charge in [-0.1, -0.05) is 30.3 Å². The van der Waals surface area contributed by atoms with E-state index in [0.29, 0.717) is 5.12 Å². The SMILES string of the molecule is NC(=O)N(N)N.O=C1C=CC2=Cc3ccccc3C2=C1. The molecule has 20 heavy (non-hydrogen) atoms. The quantitative estimate of drug-likeness (QED) is 0.366. The van der Waals surface area contributed by atoms with Gasteiger partial charge in [-0.2, -0.15) is 5.12 Å². The summed E-state index contributed by atoms with van der Waals surface area (Å²) in [6, 6.07) is 7.28. The van der Waals surface area contributed by atoms with Crippen LogP contribution in [0.5, 0.6) is 0 Å². The van der Waals surface area contributed by atoms with Gasteiger partial charge in [0.15, 0.2) is 5.78 Å². The normalized spacial score (nSPS) is 14.4. The summed E-state index contributed by atoms with van der Waals surface area (Å²) in [6.07, 6.45) is 7.32. The van der Waals surface area contributed by atoms with Gasteiger partial charge in [-0.15, -0.1) is 0 Å². The molecule has 0 unspecified atom stereocenters. The molecule has 0 bridgehead atoms. The number of carbonyl (C=O) groups excluding carboxylic acids is 2. The molecule has 6 nitrogen and oxygen atoms in total. The number of fused-ring (bicyclic) bond motifs is 3. The molecule has 6 N–H and O–H groups in total. The first-order valence-corrected chi connectivity index (χ1v) is 5.83. The Morgan fingerprint density at radius 2 is 1.70 bits per heavy atom. The first kappa shape index (κ1) is 13.7. The first-order chi connectivity index (χ1) is 9.49. The summed E-state index contributed by atoms with van der Waals surface area (Å²) >= 11 is 0. The maximum Gasteiger partial charge on any atom is 0.343 e. The highest BCUT2D eigenvalue weighted by Gasteiger charge is 2.19. The number of nitrogens with two attached hydrogens (primary N) is 3. The minimum atomic E-state index is -0.852. The molecule has 0 heterocycles. The zero-order chi connectivity index (χ0) is 14.7. The molecule has 3 rings (SSSR count). The molecule has 0 aliphatic heterocycles. The van der Waals surface area contributed by atoms with Crippen LogP contribution in [0.3, 0.4) is 0 Å². The van der Waals surface area contributed by atoms with E-state index in [1.54, 1.807) is 12.2 Å². The van der Waals surface area contributed by atoms with Crippen LogP contribution in [0, 0.1) is 0 Å². The average molecular weight is 270 g/mol. The number of hydrazine groups is 2. The topological polar surface area (TPSA) is 115 Å². The van der Waals surface area contributed by atoms with Gasteiger partial charge >= 0.3 is 6.03 Å². The molecule has 0 atom stereocenters. The fourth-order valence-electron chi connectivity index (χ4n) is 1.93. The van der Waals surface area contributed by atoms with Crippen molar-refractivity contribution in [1.29, 1.82) is 0 Å². The van der Waals surface area contributed by atoms with E-state index in [1.807, 2.05) is 18.2 Å². The fourth-order valence-corrected chi connectivity index (χ4v) is 1.93. The standard InChI is InChI=1S/C13H8O.CH6N4O/c14-11-6-5-10-7-9-3-1-2-4-12(9)13(10)8-11;2-1(6)5(3)4/h1-8H;3-4H2,(H2,2,6). The summed E-state index contributed by atoms with van der Waals surface area (Å²) < 4.78 is 0. The summed E-state index contributed by atoms with van der Waals surface area (Å²) in [6.45, 7) is 0. The lowest BCUT2D eigenvalue weighted by Gasteiger charge is -2.05. The summed E-state index contributed by atoms with van der Waals surface area (Å²) in [5.74, 6) is 9.22. The number of benzene rings is 1. The van der Waals surface area contributed by atoms with E-state index >= 15 is 0 Å². The molecular formula is C14H14N4O2. The Kier molecular flexibility index (Phi) is 3.79. The monoisotopic (exact) mass is 270 g/mol. The smallest absolute Gasteiger partial charge is 0.343 e. The first-order valence-electron chi connectivity index (χ1n) is 5.83. The predicted molar refractivity (Wildman–Crippen MR) is 76.3 cm³/mol. The number of urea groups is 1. The third-order valence-electron chi connectivity index (χ3n) is 2.84. The van der Waals surface area contributed by atoms with Gasteiger partial charge in [0.2, 0.25) is 0 Å². The van der Waals surface area contributed by atoms with Crippen LogP contribution >= 0.6 is 0 Å². The van der Waals surface area contributed by atoms with E-state index < -0.39 is 6.03 Å². The van der Waals surface area contributed by atoms with Gasteiger partial charge in [-0.25, -0.2) is 16.5 Å². The molecule has 0 radical (unpaired) electrons. The maximum absolute atomic E-state index is 11.2. The van der Waals surface area contributed by atoms with Gasteiger partial charge in [-0.05, 0) is 40.5 Å². The zero-order valence-electron chi connectivity index (χ0n) is 10.6. The largest absolute Gasteiger partial charge is 0.349 e. The van der Waals surface area contributed by atoms with Crippen LogP contribution in [0.15, 0.2) is 48.1 Å². The Morgan fingerprint density at radius 1 is 1.05 bits per heavy atom. The Hall–Kier alpha value is -2.70. The molecule has 0 spiro atoms. The fraction of sp³-hybridized carbons (Fsp3) is 0. The van der Waals surface area contributed by atoms with Gasteiger partial charge in [0, 0.05) is 0 Å². The molecule has 1 aromatic rings. The third kappa shape index (κ3) is 2.82. The average Bonchev–Trinajstić information content (AvgIpc) is 2.77. The highest BCUT2D eigenvalue weighted by Crippen LogP contribution is 2.37. The van der Waals surface area contributed by atoms with Crippen molar-refractivity contribution in [1.82, 2.24) is 5.12 Å². The molecule has 0 fully saturated rings. The summed E-state index contributed by atoms with van der Waals surface area (Å²) in [5.41, 5.74) is 9.05. The number of primary amides is 1. The van der Waals surface area contributed by atoms with Crippen molar-refractivity contribution in [3.05, 3.63) is 59.2 Å². The van der Waals surface area contributed by atoms with Gasteiger partial charge in [0.25, 0.3) is 0 Å². The molecule has 2 aliphatic rings. The van der Waals surface area contributed by atoms with E-state index in [2.05, 4.69) is 35.6 Å². The maximum atomic E-state index is 11.2. The number of ketones is 1. The minimum Gasteiger partial charge on any atom is -0.349 e. The molecule has 6 heteroatoms. The minimum absolute atomic E-state index is 0.0776. The molecule has 0 aromatic heterocycles. The summed E-state index contributed by atoms with van der Waals surface area (Å²) in [4.78, 5) is 20.8. The van der Waals surface area contributed by atoms with Crippen LogP contribution in [0.4, 0.5) is 4.79 Å². The number of hydrogen-bond donors (Lipinski definition) is 3. The Morgan fingerprint density at radius 3 is 2.35 bits per heavy atom. The van der Waals surface area contributed by atoms with E-state index in [9.17, 15) is 9.59 Å². The van der Waals surface area contributed by atoms with Crippen molar-refractivity contribution >= 4 is 23.5 Å². The number of nitrogens with zero attached hydrogens (tertiary/aromatic N) is 1. The van der Waals surface area contributed by atoms with Crippen molar-refractivity contribution in [2.75, 3.05) is 0 Å². The van der Waals surface area contributed by atoms with E-state index in [1.165, 1.54) is 11.1 Å². The molecular weight excluding hydrogens is 256 g/mol. The molecule has 0 saturated heterocycles. The Bertz CT molecular complexity index is 657. The van der Waals surface area contributed by atoms with Gasteiger partial charge in [0.1, 0.15) is 0 Å². The van der Waals surface area contributed by atoms with E-state index in [-0.39, 0.29) is 5.78 Å². The van der Waals surface area contributed by atoms with Crippen molar-refractivity contribution in [3.8, 4) is 0 Å². The lowest BCUT2D eigenvalue weighted by Crippen LogP contribution is -2.46. The number of rotatable bonds is 0. The summed E-state index contributed by atoms with van der Waals surface area (Å²) in [7, 11) is 0. The zero-order valence-corrected chi connectivity index (χ0v) is 10.6. The van der Waals surface area contributed by atoms with Gasteiger partial charge < -0.3 is 5.73 Å². The Balaban J connectivity index is 0.000000212. The predicted octanol–water partition coefficient (Wildman–Crippen LogP) is 0.720. The number of hydrogen-bond acceptors (Lipinski definition) is 4. The van der Waals surface area contributed by atoms with Crippen LogP contribution in [0.25, 0.3) is 11.6 Å². The number of carbonyl (C=O) groups is 2.